The maximum absolute atomic E-state index is 12.8. The fourth-order valence-corrected chi connectivity index (χ4v) is 3.45. The van der Waals surface area contributed by atoms with Crippen molar-refractivity contribution in [1.82, 2.24) is 9.80 Å². The first kappa shape index (κ1) is 16.8. The van der Waals surface area contributed by atoms with Gasteiger partial charge in [0, 0.05) is 38.3 Å². The standard InChI is InChI=1S/C21H22N2O3/c24-19(20-6-3-13-26-20)15-22-9-11-23(12-10-22)21(25)18-8-7-16-4-1-2-5-17(16)14-18/h1-8,13-14,19,24H,9-12,15H2. The van der Waals surface area contributed by atoms with Crippen LogP contribution in [0.5, 0.6) is 0 Å². The van der Waals surface area contributed by atoms with Gasteiger partial charge < -0.3 is 14.4 Å². The second kappa shape index (κ2) is 7.32. The molecule has 1 N–H and O–H groups in total. The molecule has 1 amide bonds. The van der Waals surface area contributed by atoms with Crippen LogP contribution >= 0.6 is 0 Å². The van der Waals surface area contributed by atoms with E-state index < -0.39 is 6.10 Å². The quantitative estimate of drug-likeness (QED) is 0.786. The molecular formula is C21H22N2O3. The highest BCUT2D eigenvalue weighted by Gasteiger charge is 2.24. The Kier molecular flexibility index (Phi) is 4.73. The van der Waals surface area contributed by atoms with E-state index in [1.165, 1.54) is 0 Å². The third-order valence-corrected chi connectivity index (χ3v) is 4.96. The maximum atomic E-state index is 12.8. The van der Waals surface area contributed by atoms with Crippen molar-refractivity contribution in [2.45, 2.75) is 6.10 Å². The van der Waals surface area contributed by atoms with E-state index in [9.17, 15) is 9.90 Å². The van der Waals surface area contributed by atoms with E-state index in [0.717, 1.165) is 29.4 Å². The van der Waals surface area contributed by atoms with Crippen LogP contribution in [0.1, 0.15) is 22.2 Å². The number of amides is 1. The van der Waals surface area contributed by atoms with Crippen molar-refractivity contribution >= 4 is 16.7 Å². The zero-order valence-corrected chi connectivity index (χ0v) is 14.5. The van der Waals surface area contributed by atoms with Gasteiger partial charge in [0.05, 0.1) is 6.26 Å². The van der Waals surface area contributed by atoms with Crippen molar-refractivity contribution in [2.75, 3.05) is 32.7 Å². The van der Waals surface area contributed by atoms with Gasteiger partial charge in [-0.05, 0) is 35.0 Å². The molecule has 0 bridgehead atoms. The van der Waals surface area contributed by atoms with E-state index in [2.05, 4.69) is 4.90 Å². The van der Waals surface area contributed by atoms with Gasteiger partial charge in [-0.3, -0.25) is 9.69 Å². The summed E-state index contributed by atoms with van der Waals surface area (Å²) < 4.78 is 5.25. The summed E-state index contributed by atoms with van der Waals surface area (Å²) >= 11 is 0. The van der Waals surface area contributed by atoms with Crippen molar-refractivity contribution in [3.8, 4) is 0 Å². The average Bonchev–Trinajstić information content (AvgIpc) is 3.23. The lowest BCUT2D eigenvalue weighted by molar-refractivity contribution is 0.0486. The molecule has 0 aliphatic carbocycles. The largest absolute Gasteiger partial charge is 0.467 e. The summed E-state index contributed by atoms with van der Waals surface area (Å²) in [4.78, 5) is 16.9. The highest BCUT2D eigenvalue weighted by Crippen LogP contribution is 2.19. The van der Waals surface area contributed by atoms with Gasteiger partial charge >= 0.3 is 0 Å². The molecular weight excluding hydrogens is 328 g/mol. The Balaban J connectivity index is 1.37. The summed E-state index contributed by atoms with van der Waals surface area (Å²) in [6.07, 6.45) is 0.936. The Labute approximate surface area is 152 Å². The molecule has 2 heterocycles. The number of hydrogen-bond acceptors (Lipinski definition) is 4. The summed E-state index contributed by atoms with van der Waals surface area (Å²) in [7, 11) is 0. The number of piperazine rings is 1. The van der Waals surface area contributed by atoms with Gasteiger partial charge in [0.1, 0.15) is 11.9 Å². The molecule has 5 heteroatoms. The van der Waals surface area contributed by atoms with Crippen LogP contribution < -0.4 is 0 Å². The third-order valence-electron chi connectivity index (χ3n) is 4.96. The number of carbonyl (C=O) groups is 1. The van der Waals surface area contributed by atoms with E-state index >= 15 is 0 Å². The van der Waals surface area contributed by atoms with E-state index in [1.807, 2.05) is 47.4 Å². The fourth-order valence-electron chi connectivity index (χ4n) is 3.45. The molecule has 1 aliphatic heterocycles. The lowest BCUT2D eigenvalue weighted by atomic mass is 10.1. The molecule has 5 nitrogen and oxygen atoms in total. The number of aliphatic hydroxyl groups excluding tert-OH is 1. The summed E-state index contributed by atoms with van der Waals surface area (Å²) in [5.41, 5.74) is 0.729. The molecule has 1 aliphatic rings. The number of rotatable bonds is 4. The molecule has 1 fully saturated rings. The van der Waals surface area contributed by atoms with Crippen LogP contribution in [0.3, 0.4) is 0 Å². The van der Waals surface area contributed by atoms with Crippen molar-refractivity contribution in [2.24, 2.45) is 0 Å². The molecule has 0 radical (unpaired) electrons. The smallest absolute Gasteiger partial charge is 0.253 e. The van der Waals surface area contributed by atoms with Gasteiger partial charge in [0.2, 0.25) is 0 Å². The number of furan rings is 1. The summed E-state index contributed by atoms with van der Waals surface area (Å²) in [6.45, 7) is 3.34. The van der Waals surface area contributed by atoms with Crippen LogP contribution in [0.25, 0.3) is 10.8 Å². The van der Waals surface area contributed by atoms with E-state index in [1.54, 1.807) is 18.4 Å². The van der Waals surface area contributed by atoms with Gasteiger partial charge in [-0.2, -0.15) is 0 Å². The minimum Gasteiger partial charge on any atom is -0.467 e. The van der Waals surface area contributed by atoms with Crippen LogP contribution in [0.15, 0.2) is 65.3 Å². The molecule has 26 heavy (non-hydrogen) atoms. The Morgan fingerprint density at radius 3 is 2.50 bits per heavy atom. The monoisotopic (exact) mass is 350 g/mol. The second-order valence-corrected chi connectivity index (χ2v) is 6.69. The van der Waals surface area contributed by atoms with E-state index in [0.29, 0.717) is 25.4 Å². The van der Waals surface area contributed by atoms with Crippen molar-refractivity contribution < 1.29 is 14.3 Å². The van der Waals surface area contributed by atoms with E-state index in [4.69, 9.17) is 4.42 Å². The minimum atomic E-state index is -0.632. The third kappa shape index (κ3) is 3.49. The zero-order valence-electron chi connectivity index (χ0n) is 14.5. The van der Waals surface area contributed by atoms with Crippen molar-refractivity contribution in [3.05, 3.63) is 72.2 Å². The first-order chi connectivity index (χ1) is 12.7. The molecule has 2 aromatic carbocycles. The zero-order chi connectivity index (χ0) is 17.9. The Bertz CT molecular complexity index is 883. The molecule has 1 atom stereocenters. The number of fused-ring (bicyclic) bond motifs is 1. The highest BCUT2D eigenvalue weighted by molar-refractivity contribution is 5.98. The predicted octanol–water partition coefficient (Wildman–Crippen LogP) is 2.92. The fraction of sp³-hybridized carbons (Fsp3) is 0.286. The number of aliphatic hydroxyl groups is 1. The van der Waals surface area contributed by atoms with Gasteiger partial charge in [-0.25, -0.2) is 0 Å². The predicted molar refractivity (Wildman–Crippen MR) is 100.0 cm³/mol. The summed E-state index contributed by atoms with van der Waals surface area (Å²) in [6, 6.07) is 17.5. The minimum absolute atomic E-state index is 0.0713. The number of nitrogens with zero attached hydrogens (tertiary/aromatic N) is 2. The molecule has 134 valence electrons. The number of hydrogen-bond donors (Lipinski definition) is 1. The molecule has 1 aromatic heterocycles. The summed E-state index contributed by atoms with van der Waals surface area (Å²) in [5.74, 6) is 0.654. The number of benzene rings is 2. The Morgan fingerprint density at radius 2 is 1.77 bits per heavy atom. The molecule has 1 unspecified atom stereocenters. The number of β-amino-alcohol motifs (C(OH)–C–C–N with tert-alkyl or cyclic N) is 1. The molecule has 0 saturated carbocycles. The van der Waals surface area contributed by atoms with Crippen molar-refractivity contribution in [3.63, 3.8) is 0 Å². The van der Waals surface area contributed by atoms with Crippen LogP contribution in [0, 0.1) is 0 Å². The highest BCUT2D eigenvalue weighted by atomic mass is 16.4. The van der Waals surface area contributed by atoms with Gasteiger partial charge in [0.15, 0.2) is 0 Å². The number of carbonyl (C=O) groups excluding carboxylic acids is 1. The van der Waals surface area contributed by atoms with Crippen LogP contribution in [0.4, 0.5) is 0 Å². The van der Waals surface area contributed by atoms with Gasteiger partial charge in [-0.1, -0.05) is 30.3 Å². The molecule has 3 aromatic rings. The second-order valence-electron chi connectivity index (χ2n) is 6.69. The van der Waals surface area contributed by atoms with Gasteiger partial charge in [0.25, 0.3) is 5.91 Å². The van der Waals surface area contributed by atoms with Crippen LogP contribution in [-0.2, 0) is 0 Å². The summed E-state index contributed by atoms with van der Waals surface area (Å²) in [5, 5.41) is 12.4. The first-order valence-electron chi connectivity index (χ1n) is 8.92. The van der Waals surface area contributed by atoms with Crippen molar-refractivity contribution in [1.29, 1.82) is 0 Å². The van der Waals surface area contributed by atoms with Crippen LogP contribution in [0.2, 0.25) is 0 Å². The molecule has 4 rings (SSSR count). The normalized spacial score (nSPS) is 16.7. The average molecular weight is 350 g/mol. The van der Waals surface area contributed by atoms with Gasteiger partial charge in [-0.15, -0.1) is 0 Å². The SMILES string of the molecule is O=C(c1ccc2ccccc2c1)N1CCN(CC(O)c2ccco2)CC1. The van der Waals surface area contributed by atoms with Crippen LogP contribution in [-0.4, -0.2) is 53.5 Å². The first-order valence-corrected chi connectivity index (χ1v) is 8.92. The lowest BCUT2D eigenvalue weighted by Gasteiger charge is -2.35. The topological polar surface area (TPSA) is 56.9 Å². The Morgan fingerprint density at radius 1 is 1.00 bits per heavy atom. The van der Waals surface area contributed by atoms with E-state index in [-0.39, 0.29) is 5.91 Å². The maximum Gasteiger partial charge on any atom is 0.253 e. The molecule has 1 saturated heterocycles. The lowest BCUT2D eigenvalue weighted by Crippen LogP contribution is -2.49. The Hall–Kier alpha value is -2.63. The molecule has 0 spiro atoms.